The van der Waals surface area contributed by atoms with Crippen molar-refractivity contribution in [1.82, 2.24) is 0 Å². The zero-order valence-corrected chi connectivity index (χ0v) is 48.0. The molecule has 0 spiro atoms. The Balaban J connectivity index is 0.00000822. The standard InChI is InChI=1S/C50H80O27S.Na/c1-17(52)23-7-8-24-22-14-27(26-13-21(77-78(64,65)66)9-11-50(26,6)25(22)10-12-49(23,24)5)71-46-40(63)41(32(55)20(4)70-46)74-47-42(75-44-38(61)35(58)30(53)18(2)68-44)34(57)29(16-67-47)73-48-43(37(60)33(56)28(15-51)72-48)76-45-39(62)36(59)31(54)19(3)69-45;/h10,18-24,26-48,51,53-63H,7-9,11-16H2,1-6H3,(H,64,65,66);/q;+1/p-1/t18-,19-,20-,21+,22+,23-,24+,26-,27+,28-,29-,30-,31+,32-,33+,34+,35+,36+,37+,38-,39-,40-,41+,42-,43-,44?,45?,46?,47?,48?,49-,50-;/m1./s1. The fourth-order valence-electron chi connectivity index (χ4n) is 14.4. The number of Topliss-reactive ketones (excluding diaryl/α,β-unsaturated/α-hetero) is 1. The first kappa shape index (κ1) is 64.4. The number of allylic oxidation sites excluding steroid dienone is 2. The van der Waals surface area contributed by atoms with Crippen LogP contribution in [0.4, 0.5) is 0 Å². The van der Waals surface area contributed by atoms with Gasteiger partial charge in [-0.3, -0.25) is 8.98 Å². The zero-order valence-electron chi connectivity index (χ0n) is 45.2. The molecule has 4 aliphatic carbocycles. The van der Waals surface area contributed by atoms with Gasteiger partial charge in [0.25, 0.3) is 0 Å². The summed E-state index contributed by atoms with van der Waals surface area (Å²) in [5.74, 6) is -0.570. The van der Waals surface area contributed by atoms with Crippen LogP contribution in [-0.4, -0.2) is 253 Å². The number of rotatable bonds is 14. The second-order valence-corrected chi connectivity index (χ2v) is 24.6. The van der Waals surface area contributed by atoms with E-state index in [1.165, 1.54) is 20.8 Å². The van der Waals surface area contributed by atoms with Crippen molar-refractivity contribution in [3.05, 3.63) is 11.6 Å². The van der Waals surface area contributed by atoms with E-state index in [1.54, 1.807) is 6.92 Å². The molecule has 5 heterocycles. The fraction of sp³-hybridized carbons (Fsp3) is 0.940. The van der Waals surface area contributed by atoms with Crippen LogP contribution in [0, 0.1) is 34.5 Å². The van der Waals surface area contributed by atoms with Crippen LogP contribution in [0.3, 0.4) is 0 Å². The third-order valence-corrected chi connectivity index (χ3v) is 19.3. The van der Waals surface area contributed by atoms with Gasteiger partial charge in [0.15, 0.2) is 31.5 Å². The van der Waals surface area contributed by atoms with Gasteiger partial charge in [0, 0.05) is 5.92 Å². The predicted molar refractivity (Wildman–Crippen MR) is 255 cm³/mol. The van der Waals surface area contributed by atoms with Crippen molar-refractivity contribution in [2.45, 2.75) is 246 Å². The molecule has 32 atom stereocenters. The monoisotopic (exact) mass is 1170 g/mol. The summed E-state index contributed by atoms with van der Waals surface area (Å²) in [6, 6.07) is 0. The summed E-state index contributed by atoms with van der Waals surface area (Å²) in [5.41, 5.74) is 0.201. The SMILES string of the molecule is CC(=O)[C@H]1CC[C@H]2[C@@H]3C[C@H](OC4O[C@H](C)[C@@H](O)[C@H](OC5OC[C@@H](OC6O[C@H](CO)[C@H](O)[C@H](O)[C@H]6OC6O[C@H](C)[C@H](O)[C@H](O)[C@H]6O)[C@H](O)[C@H]5OC5O[C@H](C)[C@@H](O)[C@H](O)[C@H]5O)[C@H]4O)[C@H]4C[C@@H](OS(=O)(=O)[O-])CC[C@]4(C)C3=CC[C@]12C.[Na+]. The molecule has 3 saturated carbocycles. The number of carbonyl (C=O) groups excluding carboxylic acids is 1. The maximum atomic E-state index is 13.0. The van der Waals surface area contributed by atoms with Gasteiger partial charge in [0.1, 0.15) is 103 Å². The van der Waals surface area contributed by atoms with Gasteiger partial charge in [0.2, 0.25) is 10.4 Å². The number of ether oxygens (including phenoxy) is 10. The first-order chi connectivity index (χ1) is 36.6. The number of hydrogen-bond donors (Lipinski definition) is 12. The molecule has 9 rings (SSSR count). The number of aliphatic hydroxyl groups is 12. The minimum absolute atomic E-state index is 0. The van der Waals surface area contributed by atoms with Gasteiger partial charge in [-0.2, -0.15) is 0 Å². The molecule has 0 radical (unpaired) electrons. The van der Waals surface area contributed by atoms with Crippen LogP contribution >= 0.6 is 0 Å². The summed E-state index contributed by atoms with van der Waals surface area (Å²) in [6.45, 7) is 8.50. The first-order valence-electron chi connectivity index (χ1n) is 27.0. The summed E-state index contributed by atoms with van der Waals surface area (Å²) in [7, 11) is -5.10. The average molecular weight is 1170 g/mol. The Hall–Kier alpha value is -0.600. The largest absolute Gasteiger partial charge is 1.00 e. The molecule has 0 aromatic rings. The Morgan fingerprint density at radius 2 is 1.16 bits per heavy atom. The van der Waals surface area contributed by atoms with Gasteiger partial charge in [-0.1, -0.05) is 25.5 Å². The van der Waals surface area contributed by atoms with Crippen LogP contribution in [0.1, 0.15) is 86.5 Å². The van der Waals surface area contributed by atoms with Gasteiger partial charge in [-0.15, -0.1) is 0 Å². The Bertz CT molecular complexity index is 2240. The van der Waals surface area contributed by atoms with E-state index in [-0.39, 0.29) is 71.4 Å². The van der Waals surface area contributed by atoms with E-state index in [2.05, 4.69) is 19.9 Å². The van der Waals surface area contributed by atoms with Crippen molar-refractivity contribution < 1.29 is 160 Å². The molecular weight excluding hydrogens is 1090 g/mol. The number of aliphatic hydroxyl groups excluding tert-OH is 12. The topological polar surface area (TPSA) is 419 Å². The summed E-state index contributed by atoms with van der Waals surface area (Å²) in [5, 5.41) is 132. The third kappa shape index (κ3) is 12.4. The molecule has 27 nitrogen and oxygen atoms in total. The molecular formula is C50H79NaO27S. The van der Waals surface area contributed by atoms with Crippen molar-refractivity contribution in [2.24, 2.45) is 34.5 Å². The second kappa shape index (κ2) is 25.0. The smallest absolute Gasteiger partial charge is 0.726 e. The van der Waals surface area contributed by atoms with Gasteiger partial charge in [-0.25, -0.2) is 8.42 Å². The Morgan fingerprint density at radius 1 is 0.620 bits per heavy atom. The molecule has 8 fully saturated rings. The number of ketones is 1. The first-order valence-corrected chi connectivity index (χ1v) is 28.4. The number of fused-ring (bicyclic) bond motifs is 5. The molecule has 0 amide bonds. The summed E-state index contributed by atoms with van der Waals surface area (Å²) in [6.07, 6.45) is -37.0. The van der Waals surface area contributed by atoms with Crippen molar-refractivity contribution in [3.8, 4) is 0 Å². The molecule has 29 heteroatoms. The molecule has 5 saturated heterocycles. The minimum Gasteiger partial charge on any atom is -0.726 e. The Kier molecular flexibility index (Phi) is 20.4. The second-order valence-electron chi connectivity index (χ2n) is 23.6. The van der Waals surface area contributed by atoms with Crippen LogP contribution in [0.5, 0.6) is 0 Å². The minimum atomic E-state index is -5.10. The van der Waals surface area contributed by atoms with Gasteiger partial charge in [0.05, 0.1) is 43.7 Å². The maximum absolute atomic E-state index is 13.0. The van der Waals surface area contributed by atoms with Gasteiger partial charge >= 0.3 is 29.6 Å². The quantitative estimate of drug-likeness (QED) is 0.0333. The van der Waals surface area contributed by atoms with Crippen LogP contribution in [-0.2, 0) is 66.7 Å². The number of hydrogen-bond acceptors (Lipinski definition) is 27. The number of carbonyl (C=O) groups is 1. The summed E-state index contributed by atoms with van der Waals surface area (Å²) >= 11 is 0. The van der Waals surface area contributed by atoms with E-state index < -0.39 is 195 Å². The molecule has 5 unspecified atom stereocenters. The maximum Gasteiger partial charge on any atom is 1.00 e. The third-order valence-electron chi connectivity index (χ3n) is 18.8. The van der Waals surface area contributed by atoms with E-state index >= 15 is 0 Å². The van der Waals surface area contributed by atoms with Crippen LogP contribution in [0.15, 0.2) is 11.6 Å². The zero-order chi connectivity index (χ0) is 56.8. The van der Waals surface area contributed by atoms with E-state index in [9.17, 15) is 79.0 Å². The van der Waals surface area contributed by atoms with Crippen molar-refractivity contribution in [2.75, 3.05) is 13.2 Å². The Morgan fingerprint density at radius 3 is 1.73 bits per heavy atom. The Labute approximate surface area is 479 Å². The van der Waals surface area contributed by atoms with Gasteiger partial charge < -0.3 is 113 Å². The molecule has 448 valence electrons. The van der Waals surface area contributed by atoms with Crippen molar-refractivity contribution in [3.63, 3.8) is 0 Å². The van der Waals surface area contributed by atoms with E-state index in [0.717, 1.165) is 12.0 Å². The molecule has 0 aromatic carbocycles. The van der Waals surface area contributed by atoms with Crippen LogP contribution < -0.4 is 29.6 Å². The summed E-state index contributed by atoms with van der Waals surface area (Å²) < 4.78 is 101. The molecule has 9 aliphatic rings. The van der Waals surface area contributed by atoms with Gasteiger partial charge in [-0.05, 0) is 101 Å². The van der Waals surface area contributed by atoms with E-state index in [4.69, 9.17) is 51.6 Å². The molecule has 0 bridgehead atoms. The molecule has 5 aliphatic heterocycles. The summed E-state index contributed by atoms with van der Waals surface area (Å²) in [4.78, 5) is 13.0. The molecule has 0 aromatic heterocycles. The molecule has 79 heavy (non-hydrogen) atoms. The van der Waals surface area contributed by atoms with Crippen LogP contribution in [0.25, 0.3) is 0 Å². The molecule has 12 N–H and O–H groups in total. The predicted octanol–water partition coefficient (Wildman–Crippen LogP) is -7.18. The van der Waals surface area contributed by atoms with Crippen molar-refractivity contribution >= 4 is 16.2 Å². The normalized spacial score (nSPS) is 53.2. The van der Waals surface area contributed by atoms with Crippen LogP contribution in [0.2, 0.25) is 0 Å². The van der Waals surface area contributed by atoms with E-state index in [0.29, 0.717) is 25.7 Å². The van der Waals surface area contributed by atoms with Crippen molar-refractivity contribution in [1.29, 1.82) is 0 Å². The fourth-order valence-corrected chi connectivity index (χ4v) is 14.9. The van der Waals surface area contributed by atoms with E-state index in [1.807, 2.05) is 0 Å². The average Bonchev–Trinajstić information content (AvgIpc) is 3.76.